The molecule has 0 atom stereocenters. The third kappa shape index (κ3) is 5.31. The van der Waals surface area contributed by atoms with Gasteiger partial charge in [0.1, 0.15) is 0 Å². The molecule has 0 bridgehead atoms. The molecule has 0 saturated heterocycles. The maximum atomic E-state index is 4.95. The molecule has 254 valence electrons. The van der Waals surface area contributed by atoms with Crippen molar-refractivity contribution in [2.24, 2.45) is 0 Å². The van der Waals surface area contributed by atoms with E-state index in [9.17, 15) is 0 Å². The Balaban J connectivity index is 0.00000372. The highest BCUT2D eigenvalue weighted by Gasteiger charge is 2.35. The molecule has 2 aliphatic carbocycles. The van der Waals surface area contributed by atoms with Crippen LogP contribution in [-0.4, -0.2) is 15.0 Å². The number of hydrogen-bond acceptors (Lipinski definition) is 3. The van der Waals surface area contributed by atoms with Crippen LogP contribution in [0.5, 0.6) is 0 Å². The molecule has 0 aliphatic heterocycles. The van der Waals surface area contributed by atoms with Crippen LogP contribution in [0.1, 0.15) is 43.5 Å². The lowest BCUT2D eigenvalue weighted by atomic mass is 9.81. The molecule has 0 fully saturated rings. The third-order valence-corrected chi connectivity index (χ3v) is 11.0. The molecule has 8 aromatic rings. The lowest BCUT2D eigenvalue weighted by Crippen LogP contribution is -2.14. The summed E-state index contributed by atoms with van der Waals surface area (Å²) in [6.07, 6.45) is 0.897. The van der Waals surface area contributed by atoms with Crippen LogP contribution in [-0.2, 0) is 11.8 Å². The van der Waals surface area contributed by atoms with Gasteiger partial charge in [0, 0.05) is 22.1 Å². The van der Waals surface area contributed by atoms with Crippen LogP contribution in [0, 0.1) is 0 Å². The number of hydrogen-bond donors (Lipinski definition) is 0. The first-order valence-electron chi connectivity index (χ1n) is 18.0. The van der Waals surface area contributed by atoms with Crippen LogP contribution in [0.25, 0.3) is 78.7 Å². The highest BCUT2D eigenvalue weighted by Crippen LogP contribution is 2.51. The third-order valence-electron chi connectivity index (χ3n) is 11.0. The normalized spacial score (nSPS) is 13.0. The minimum Gasteiger partial charge on any atom is -0.208 e. The molecule has 3 heteroatoms. The molecule has 2 aliphatic rings. The van der Waals surface area contributed by atoms with Crippen molar-refractivity contribution in [1.82, 2.24) is 15.0 Å². The van der Waals surface area contributed by atoms with Crippen molar-refractivity contribution in [2.45, 2.75) is 33.1 Å². The summed E-state index contributed by atoms with van der Waals surface area (Å²) >= 11 is 0. The van der Waals surface area contributed by atoms with Crippen molar-refractivity contribution in [2.75, 3.05) is 0 Å². The molecule has 1 heterocycles. The highest BCUT2D eigenvalue weighted by molar-refractivity contribution is 5.91. The molecule has 1 aromatic heterocycles. The van der Waals surface area contributed by atoms with Gasteiger partial charge in [0.25, 0.3) is 0 Å². The topological polar surface area (TPSA) is 38.7 Å². The van der Waals surface area contributed by atoms with E-state index in [4.69, 9.17) is 15.0 Å². The standard InChI is InChI=1S/C49H35N3.CH4/c1-49(2)44-22-10-9-17-40(44)41-28-27-35(29-45(41)49)37-19-12-21-39-38-20-11-18-36(42(38)30-43(37)39)31-23-25-34(26-24-31)48-51-46(32-13-5-3-6-14-32)50-47(52-48)33-15-7-4-8-16-33;/h3-29H,30H2,1-2H3;1H4. The highest BCUT2D eigenvalue weighted by atomic mass is 15.0. The quantitative estimate of drug-likeness (QED) is 0.181. The van der Waals surface area contributed by atoms with Gasteiger partial charge in [-0.25, -0.2) is 15.0 Å². The van der Waals surface area contributed by atoms with Gasteiger partial charge < -0.3 is 0 Å². The van der Waals surface area contributed by atoms with Crippen molar-refractivity contribution in [1.29, 1.82) is 0 Å². The maximum Gasteiger partial charge on any atom is 0.164 e. The molecular formula is C50H39N3. The molecule has 0 amide bonds. The van der Waals surface area contributed by atoms with Gasteiger partial charge in [-0.1, -0.05) is 179 Å². The van der Waals surface area contributed by atoms with Gasteiger partial charge in [0.05, 0.1) is 0 Å². The molecule has 0 spiro atoms. The van der Waals surface area contributed by atoms with Gasteiger partial charge in [-0.3, -0.25) is 0 Å². The number of aromatic nitrogens is 3. The Morgan fingerprint density at radius 1 is 0.358 bits per heavy atom. The molecule has 0 saturated carbocycles. The number of nitrogens with zero attached hydrogens (tertiary/aromatic N) is 3. The fraction of sp³-hybridized carbons (Fsp3) is 0.100. The summed E-state index contributed by atoms with van der Waals surface area (Å²) in [5, 5.41) is 0. The second-order valence-electron chi connectivity index (χ2n) is 14.4. The molecule has 0 N–H and O–H groups in total. The number of benzene rings is 7. The van der Waals surface area contributed by atoms with E-state index in [2.05, 4.69) is 117 Å². The molecular weight excluding hydrogens is 643 g/mol. The van der Waals surface area contributed by atoms with Crippen LogP contribution in [0.4, 0.5) is 0 Å². The van der Waals surface area contributed by atoms with Gasteiger partial charge in [0.15, 0.2) is 17.5 Å². The van der Waals surface area contributed by atoms with Crippen molar-refractivity contribution in [3.05, 3.63) is 186 Å². The average Bonchev–Trinajstić information content (AvgIpc) is 3.70. The zero-order valence-electron chi connectivity index (χ0n) is 29.1. The van der Waals surface area contributed by atoms with E-state index in [0.29, 0.717) is 17.5 Å². The van der Waals surface area contributed by atoms with Crippen molar-refractivity contribution >= 4 is 0 Å². The first-order valence-corrected chi connectivity index (χ1v) is 18.0. The second-order valence-corrected chi connectivity index (χ2v) is 14.4. The summed E-state index contributed by atoms with van der Waals surface area (Å²) in [6.45, 7) is 4.71. The van der Waals surface area contributed by atoms with E-state index in [-0.39, 0.29) is 12.8 Å². The maximum absolute atomic E-state index is 4.95. The zero-order valence-corrected chi connectivity index (χ0v) is 29.1. The Morgan fingerprint density at radius 3 is 1.36 bits per heavy atom. The van der Waals surface area contributed by atoms with Gasteiger partial charge in [-0.05, 0) is 79.2 Å². The Morgan fingerprint density at radius 2 is 0.774 bits per heavy atom. The van der Waals surface area contributed by atoms with Crippen LogP contribution in [0.2, 0.25) is 0 Å². The van der Waals surface area contributed by atoms with Gasteiger partial charge in [-0.2, -0.15) is 0 Å². The average molecular weight is 682 g/mol. The summed E-state index contributed by atoms with van der Waals surface area (Å²) in [4.78, 5) is 14.8. The van der Waals surface area contributed by atoms with Crippen LogP contribution < -0.4 is 0 Å². The Kier molecular flexibility index (Phi) is 7.74. The number of rotatable bonds is 5. The minimum absolute atomic E-state index is 0. The lowest BCUT2D eigenvalue weighted by Gasteiger charge is -2.22. The fourth-order valence-corrected chi connectivity index (χ4v) is 8.39. The smallest absolute Gasteiger partial charge is 0.164 e. The van der Waals surface area contributed by atoms with E-state index >= 15 is 0 Å². The molecule has 10 rings (SSSR count). The summed E-state index contributed by atoms with van der Waals surface area (Å²) in [5.41, 5.74) is 18.9. The van der Waals surface area contributed by atoms with Gasteiger partial charge in [-0.15, -0.1) is 0 Å². The van der Waals surface area contributed by atoms with Gasteiger partial charge in [0.2, 0.25) is 0 Å². The Labute approximate surface area is 311 Å². The van der Waals surface area contributed by atoms with Crippen molar-refractivity contribution < 1.29 is 0 Å². The SMILES string of the molecule is C.CC1(C)c2ccccc2-c2ccc(-c3cccc4c3Cc3c(-c5ccc(-c6nc(-c7ccccc7)nc(-c7ccccc7)n6)cc5)cccc3-4)cc21. The summed E-state index contributed by atoms with van der Waals surface area (Å²) < 4.78 is 0. The first kappa shape index (κ1) is 32.5. The largest absolute Gasteiger partial charge is 0.208 e. The monoisotopic (exact) mass is 681 g/mol. The number of fused-ring (bicyclic) bond motifs is 6. The first-order chi connectivity index (χ1) is 25.5. The summed E-state index contributed by atoms with van der Waals surface area (Å²) in [7, 11) is 0. The van der Waals surface area contributed by atoms with Gasteiger partial charge >= 0.3 is 0 Å². The second kappa shape index (κ2) is 12.6. The predicted molar refractivity (Wildman–Crippen MR) is 220 cm³/mol. The Hall–Kier alpha value is -6.45. The zero-order chi connectivity index (χ0) is 34.8. The Bertz CT molecular complexity index is 2600. The van der Waals surface area contributed by atoms with E-state index in [0.717, 1.165) is 23.1 Å². The molecule has 0 radical (unpaired) electrons. The van der Waals surface area contributed by atoms with E-state index in [1.807, 2.05) is 60.7 Å². The summed E-state index contributed by atoms with van der Waals surface area (Å²) in [6, 6.07) is 58.5. The van der Waals surface area contributed by atoms with E-state index < -0.39 is 0 Å². The van der Waals surface area contributed by atoms with Crippen molar-refractivity contribution in [3.63, 3.8) is 0 Å². The fourth-order valence-electron chi connectivity index (χ4n) is 8.39. The lowest BCUT2D eigenvalue weighted by molar-refractivity contribution is 0.660. The van der Waals surface area contributed by atoms with Crippen LogP contribution >= 0.6 is 0 Å². The van der Waals surface area contributed by atoms with E-state index in [1.54, 1.807) is 0 Å². The van der Waals surface area contributed by atoms with E-state index in [1.165, 1.54) is 66.8 Å². The minimum atomic E-state index is -0.0320. The molecule has 7 aromatic carbocycles. The predicted octanol–water partition coefficient (Wildman–Crippen LogP) is 12.7. The van der Waals surface area contributed by atoms with Crippen LogP contribution in [0.15, 0.2) is 164 Å². The van der Waals surface area contributed by atoms with Crippen molar-refractivity contribution in [3.8, 4) is 78.7 Å². The molecule has 3 nitrogen and oxygen atoms in total. The van der Waals surface area contributed by atoms with Crippen LogP contribution in [0.3, 0.4) is 0 Å². The molecule has 0 unspecified atom stereocenters. The summed E-state index contributed by atoms with van der Waals surface area (Å²) in [5.74, 6) is 1.99. The molecule has 53 heavy (non-hydrogen) atoms.